The van der Waals surface area contributed by atoms with Gasteiger partial charge in [-0.2, -0.15) is 0 Å². The van der Waals surface area contributed by atoms with Crippen LogP contribution in [0.15, 0.2) is 30.3 Å². The summed E-state index contributed by atoms with van der Waals surface area (Å²) in [5.74, 6) is -1.02. The van der Waals surface area contributed by atoms with Crippen molar-refractivity contribution in [2.24, 2.45) is 0 Å². The van der Waals surface area contributed by atoms with Crippen LogP contribution in [-0.4, -0.2) is 44.1 Å². The van der Waals surface area contributed by atoms with Crippen molar-refractivity contribution in [3.05, 3.63) is 30.3 Å². The van der Waals surface area contributed by atoms with E-state index in [0.29, 0.717) is 5.75 Å². The number of esters is 1. The Morgan fingerprint density at radius 1 is 1.14 bits per heavy atom. The zero-order chi connectivity index (χ0) is 15.7. The molecule has 1 rings (SSSR count). The molecule has 2 amide bonds. The molecule has 0 aliphatic rings. The number of likely N-dealkylation sites (N-methyl/N-ethyl adjacent to an activating group) is 1. The molecule has 0 unspecified atom stereocenters. The van der Waals surface area contributed by atoms with Gasteiger partial charge in [0.05, 0.1) is 6.54 Å². The van der Waals surface area contributed by atoms with Crippen molar-refractivity contribution >= 4 is 17.8 Å². The van der Waals surface area contributed by atoms with E-state index in [1.807, 2.05) is 6.07 Å². The largest absolute Gasteiger partial charge is 0.479 e. The van der Waals surface area contributed by atoms with E-state index in [9.17, 15) is 14.4 Å². The SMILES string of the molecule is CNC(=O)CNC(=O)COC(=O)[C@@H](C)Oc1ccccc1. The third-order valence-electron chi connectivity index (χ3n) is 2.46. The van der Waals surface area contributed by atoms with E-state index in [1.165, 1.54) is 14.0 Å². The molecule has 1 atom stereocenters. The van der Waals surface area contributed by atoms with Crippen LogP contribution in [0, 0.1) is 0 Å². The molecule has 0 aromatic heterocycles. The van der Waals surface area contributed by atoms with E-state index in [2.05, 4.69) is 10.6 Å². The molecule has 0 aliphatic carbocycles. The second kappa shape index (κ2) is 8.57. The fraction of sp³-hybridized carbons (Fsp3) is 0.357. The average Bonchev–Trinajstić information content (AvgIpc) is 2.50. The number of para-hydroxylation sites is 1. The fourth-order valence-electron chi connectivity index (χ4n) is 1.32. The van der Waals surface area contributed by atoms with Crippen molar-refractivity contribution in [1.29, 1.82) is 0 Å². The van der Waals surface area contributed by atoms with Crippen LogP contribution in [0.4, 0.5) is 0 Å². The zero-order valence-electron chi connectivity index (χ0n) is 11.9. The predicted octanol–water partition coefficient (Wildman–Crippen LogP) is -0.141. The Kier molecular flexibility index (Phi) is 6.73. The van der Waals surface area contributed by atoms with Gasteiger partial charge in [-0.3, -0.25) is 9.59 Å². The molecule has 0 heterocycles. The first-order chi connectivity index (χ1) is 10.0. The molecule has 1 aromatic rings. The minimum atomic E-state index is -0.834. The summed E-state index contributed by atoms with van der Waals surface area (Å²) in [4.78, 5) is 33.9. The first kappa shape index (κ1) is 16.5. The van der Waals surface area contributed by atoms with Crippen molar-refractivity contribution in [2.45, 2.75) is 13.0 Å². The summed E-state index contributed by atoms with van der Waals surface area (Å²) in [5, 5.41) is 4.66. The molecule has 0 saturated carbocycles. The summed E-state index contributed by atoms with van der Waals surface area (Å²) in [7, 11) is 1.46. The van der Waals surface area contributed by atoms with Gasteiger partial charge in [-0.15, -0.1) is 0 Å². The Labute approximate surface area is 122 Å². The molecule has 0 spiro atoms. The Balaban J connectivity index is 2.29. The predicted molar refractivity (Wildman–Crippen MR) is 74.6 cm³/mol. The summed E-state index contributed by atoms with van der Waals surface area (Å²) >= 11 is 0. The van der Waals surface area contributed by atoms with Crippen LogP contribution in [-0.2, 0) is 19.1 Å². The summed E-state index contributed by atoms with van der Waals surface area (Å²) in [6, 6.07) is 8.80. The number of hydrogen-bond donors (Lipinski definition) is 2. The number of carbonyl (C=O) groups is 3. The molecule has 7 heteroatoms. The maximum absolute atomic E-state index is 11.6. The fourth-order valence-corrected chi connectivity index (χ4v) is 1.32. The maximum atomic E-state index is 11.6. The molecule has 0 aliphatic heterocycles. The molecule has 7 nitrogen and oxygen atoms in total. The van der Waals surface area contributed by atoms with Crippen molar-refractivity contribution < 1.29 is 23.9 Å². The molecule has 0 fully saturated rings. The third kappa shape index (κ3) is 6.42. The summed E-state index contributed by atoms with van der Waals surface area (Å²) in [5.41, 5.74) is 0. The van der Waals surface area contributed by atoms with E-state index >= 15 is 0 Å². The number of ether oxygens (including phenoxy) is 2. The van der Waals surface area contributed by atoms with Crippen molar-refractivity contribution in [2.75, 3.05) is 20.2 Å². The van der Waals surface area contributed by atoms with Crippen LogP contribution in [0.2, 0.25) is 0 Å². The number of benzene rings is 1. The average molecular weight is 294 g/mol. The second-order valence-electron chi connectivity index (χ2n) is 4.13. The smallest absolute Gasteiger partial charge is 0.347 e. The van der Waals surface area contributed by atoms with Crippen molar-refractivity contribution in [3.8, 4) is 5.75 Å². The van der Waals surface area contributed by atoms with E-state index in [4.69, 9.17) is 9.47 Å². The van der Waals surface area contributed by atoms with Gasteiger partial charge in [0.25, 0.3) is 5.91 Å². The van der Waals surface area contributed by atoms with Gasteiger partial charge in [-0.05, 0) is 19.1 Å². The van der Waals surface area contributed by atoms with Crippen LogP contribution in [0.1, 0.15) is 6.92 Å². The minimum Gasteiger partial charge on any atom is -0.479 e. The van der Waals surface area contributed by atoms with Gasteiger partial charge in [0.2, 0.25) is 5.91 Å². The number of carbonyl (C=O) groups excluding carboxylic acids is 3. The van der Waals surface area contributed by atoms with Gasteiger partial charge < -0.3 is 20.1 Å². The lowest BCUT2D eigenvalue weighted by Gasteiger charge is -2.13. The molecule has 1 aromatic carbocycles. The summed E-state index contributed by atoms with van der Waals surface area (Å²) in [6.45, 7) is 0.902. The molecular weight excluding hydrogens is 276 g/mol. The number of amides is 2. The standard InChI is InChI=1S/C14H18N2O5/c1-10(21-11-6-4-3-5-7-11)14(19)20-9-13(18)16-8-12(17)15-2/h3-7,10H,8-9H2,1-2H3,(H,15,17)(H,16,18)/t10-/m1/s1. The normalized spacial score (nSPS) is 11.1. The van der Waals surface area contributed by atoms with Gasteiger partial charge in [0.15, 0.2) is 12.7 Å². The summed E-state index contributed by atoms with van der Waals surface area (Å²) < 4.78 is 10.1. The van der Waals surface area contributed by atoms with Crippen molar-refractivity contribution in [3.63, 3.8) is 0 Å². The third-order valence-corrected chi connectivity index (χ3v) is 2.46. The molecule has 0 radical (unpaired) electrons. The van der Waals surface area contributed by atoms with Crippen molar-refractivity contribution in [1.82, 2.24) is 10.6 Å². The highest BCUT2D eigenvalue weighted by molar-refractivity contribution is 5.86. The van der Waals surface area contributed by atoms with Crippen LogP contribution in [0.3, 0.4) is 0 Å². The Hall–Kier alpha value is -2.57. The topological polar surface area (TPSA) is 93.7 Å². The molecular formula is C14H18N2O5. The number of hydrogen-bond acceptors (Lipinski definition) is 5. The van der Waals surface area contributed by atoms with Crippen LogP contribution in [0.5, 0.6) is 5.75 Å². The van der Waals surface area contributed by atoms with Gasteiger partial charge in [-0.25, -0.2) is 4.79 Å². The van der Waals surface area contributed by atoms with Gasteiger partial charge in [0.1, 0.15) is 5.75 Å². The van der Waals surface area contributed by atoms with E-state index in [-0.39, 0.29) is 12.5 Å². The lowest BCUT2D eigenvalue weighted by molar-refractivity contribution is -0.154. The van der Waals surface area contributed by atoms with Gasteiger partial charge >= 0.3 is 5.97 Å². The number of nitrogens with one attached hydrogen (secondary N) is 2. The quantitative estimate of drug-likeness (QED) is 0.683. The molecule has 21 heavy (non-hydrogen) atoms. The van der Waals surface area contributed by atoms with Crippen LogP contribution < -0.4 is 15.4 Å². The Bertz CT molecular complexity index is 489. The molecule has 2 N–H and O–H groups in total. The second-order valence-corrected chi connectivity index (χ2v) is 4.13. The highest BCUT2D eigenvalue weighted by Gasteiger charge is 2.17. The maximum Gasteiger partial charge on any atom is 0.347 e. The summed E-state index contributed by atoms with van der Waals surface area (Å²) in [6.07, 6.45) is -0.834. The highest BCUT2D eigenvalue weighted by Crippen LogP contribution is 2.11. The monoisotopic (exact) mass is 294 g/mol. The number of rotatable bonds is 7. The molecule has 114 valence electrons. The van der Waals surface area contributed by atoms with Crippen LogP contribution >= 0.6 is 0 Å². The van der Waals surface area contributed by atoms with Crippen LogP contribution in [0.25, 0.3) is 0 Å². The van der Waals surface area contributed by atoms with E-state index in [1.54, 1.807) is 24.3 Å². The minimum absolute atomic E-state index is 0.164. The van der Waals surface area contributed by atoms with E-state index in [0.717, 1.165) is 0 Å². The van der Waals surface area contributed by atoms with Gasteiger partial charge in [0, 0.05) is 7.05 Å². The first-order valence-electron chi connectivity index (χ1n) is 6.38. The first-order valence-corrected chi connectivity index (χ1v) is 6.38. The Morgan fingerprint density at radius 3 is 2.43 bits per heavy atom. The lowest BCUT2D eigenvalue weighted by Crippen LogP contribution is -2.38. The molecule has 0 saturated heterocycles. The highest BCUT2D eigenvalue weighted by atomic mass is 16.6. The lowest BCUT2D eigenvalue weighted by atomic mass is 10.3. The van der Waals surface area contributed by atoms with Gasteiger partial charge in [-0.1, -0.05) is 18.2 Å². The zero-order valence-corrected chi connectivity index (χ0v) is 11.9. The van der Waals surface area contributed by atoms with E-state index < -0.39 is 24.6 Å². The molecule has 0 bridgehead atoms. The Morgan fingerprint density at radius 2 is 1.81 bits per heavy atom.